The lowest BCUT2D eigenvalue weighted by molar-refractivity contribution is 0.0777. The highest BCUT2D eigenvalue weighted by Crippen LogP contribution is 2.29. The lowest BCUT2D eigenvalue weighted by Crippen LogP contribution is -2.33. The predicted molar refractivity (Wildman–Crippen MR) is 103 cm³/mol. The van der Waals surface area contributed by atoms with Crippen molar-refractivity contribution in [3.8, 4) is 0 Å². The maximum absolute atomic E-state index is 12.9. The Bertz CT molecular complexity index is 702. The van der Waals surface area contributed by atoms with Crippen molar-refractivity contribution in [2.75, 3.05) is 13.1 Å². The van der Waals surface area contributed by atoms with Gasteiger partial charge >= 0.3 is 0 Å². The summed E-state index contributed by atoms with van der Waals surface area (Å²) in [4.78, 5) is 14.8. The predicted octanol–water partition coefficient (Wildman–Crippen LogP) is 3.82. The fourth-order valence-corrected chi connectivity index (χ4v) is 3.69. The van der Waals surface area contributed by atoms with Gasteiger partial charge in [0.15, 0.2) is 0 Å². The summed E-state index contributed by atoms with van der Waals surface area (Å²) >= 11 is 3.47. The number of amides is 1. The third-order valence-electron chi connectivity index (χ3n) is 4.47. The topological polar surface area (TPSA) is 51.3 Å². The van der Waals surface area contributed by atoms with Gasteiger partial charge in [-0.3, -0.25) is 4.79 Å². The van der Waals surface area contributed by atoms with Crippen LogP contribution in [0.4, 0.5) is 0 Å². The first-order valence-corrected chi connectivity index (χ1v) is 8.74. The maximum Gasteiger partial charge on any atom is 0.270 e. The van der Waals surface area contributed by atoms with Crippen LogP contribution in [0.15, 0.2) is 47.1 Å². The molecule has 2 atom stereocenters. The molecule has 0 bridgehead atoms. The monoisotopic (exact) mass is 411 g/mol. The first-order chi connectivity index (χ1) is 11.0. The molecule has 4 nitrogen and oxygen atoms in total. The standard InChI is InChI=1S/C18H22BrN3O.ClH/c1-12(2)22-9-14(19)8-17(22)18(23)21-10-15(16(20)11-21)13-6-4-3-5-7-13;/h3-9,12,15-16H,10-11,20H2,1-2H3;1H/t15-,16+;/m0./s1. The summed E-state index contributed by atoms with van der Waals surface area (Å²) in [5.74, 6) is 0.254. The minimum absolute atomic E-state index is 0. The molecule has 2 N–H and O–H groups in total. The molecule has 1 aliphatic heterocycles. The van der Waals surface area contributed by atoms with Crippen molar-refractivity contribution in [1.82, 2.24) is 9.47 Å². The minimum Gasteiger partial charge on any atom is -0.340 e. The zero-order chi connectivity index (χ0) is 16.6. The Hall–Kier alpha value is -1.30. The second-order valence-electron chi connectivity index (χ2n) is 6.44. The normalized spacial score (nSPS) is 20.3. The van der Waals surface area contributed by atoms with E-state index in [-0.39, 0.29) is 36.3 Å². The molecule has 0 radical (unpaired) electrons. The van der Waals surface area contributed by atoms with E-state index >= 15 is 0 Å². The van der Waals surface area contributed by atoms with E-state index in [9.17, 15) is 4.79 Å². The van der Waals surface area contributed by atoms with Crippen LogP contribution in [0.2, 0.25) is 0 Å². The number of rotatable bonds is 3. The second-order valence-corrected chi connectivity index (χ2v) is 7.35. The number of benzene rings is 1. The van der Waals surface area contributed by atoms with Gasteiger partial charge in [-0.05, 0) is 41.4 Å². The van der Waals surface area contributed by atoms with E-state index in [1.54, 1.807) is 0 Å². The summed E-state index contributed by atoms with van der Waals surface area (Å²) < 4.78 is 2.94. The molecule has 1 aliphatic rings. The van der Waals surface area contributed by atoms with Crippen LogP contribution in [0.3, 0.4) is 0 Å². The Morgan fingerprint density at radius 3 is 2.54 bits per heavy atom. The summed E-state index contributed by atoms with van der Waals surface area (Å²) in [6, 6.07) is 12.3. The number of carbonyl (C=O) groups is 1. The second kappa shape index (κ2) is 7.72. The molecule has 130 valence electrons. The first kappa shape index (κ1) is 19.0. The average Bonchev–Trinajstić information content (AvgIpc) is 3.11. The molecule has 6 heteroatoms. The van der Waals surface area contributed by atoms with Crippen LogP contribution in [-0.4, -0.2) is 34.5 Å². The largest absolute Gasteiger partial charge is 0.340 e. The maximum atomic E-state index is 12.9. The average molecular weight is 413 g/mol. The number of nitrogens with zero attached hydrogens (tertiary/aromatic N) is 2. The highest BCUT2D eigenvalue weighted by atomic mass is 79.9. The van der Waals surface area contributed by atoms with Gasteiger partial charge in [-0.1, -0.05) is 30.3 Å². The molecule has 1 aromatic heterocycles. The Morgan fingerprint density at radius 2 is 1.92 bits per heavy atom. The van der Waals surface area contributed by atoms with Crippen LogP contribution in [-0.2, 0) is 0 Å². The molecule has 2 heterocycles. The van der Waals surface area contributed by atoms with E-state index in [1.807, 2.05) is 39.9 Å². The van der Waals surface area contributed by atoms with E-state index in [0.717, 1.165) is 4.47 Å². The summed E-state index contributed by atoms with van der Waals surface area (Å²) in [5, 5.41) is 0. The van der Waals surface area contributed by atoms with Crippen molar-refractivity contribution in [1.29, 1.82) is 0 Å². The molecule has 0 unspecified atom stereocenters. The molecular formula is C18H23BrClN3O. The van der Waals surface area contributed by atoms with E-state index < -0.39 is 0 Å². The Labute approximate surface area is 157 Å². The highest BCUT2D eigenvalue weighted by Gasteiger charge is 2.35. The number of likely N-dealkylation sites (tertiary alicyclic amines) is 1. The molecule has 1 amide bonds. The molecule has 0 saturated carbocycles. The van der Waals surface area contributed by atoms with Crippen LogP contribution in [0.25, 0.3) is 0 Å². The molecule has 1 fully saturated rings. The smallest absolute Gasteiger partial charge is 0.270 e. The Morgan fingerprint density at radius 1 is 1.25 bits per heavy atom. The number of halogens is 2. The number of aromatic nitrogens is 1. The van der Waals surface area contributed by atoms with E-state index in [2.05, 4.69) is 41.9 Å². The van der Waals surface area contributed by atoms with Gasteiger partial charge in [0.25, 0.3) is 5.91 Å². The highest BCUT2D eigenvalue weighted by molar-refractivity contribution is 9.10. The molecule has 24 heavy (non-hydrogen) atoms. The molecule has 1 aromatic carbocycles. The molecule has 0 spiro atoms. The summed E-state index contributed by atoms with van der Waals surface area (Å²) in [5.41, 5.74) is 8.23. The molecule has 3 rings (SSSR count). The summed E-state index contributed by atoms with van der Waals surface area (Å²) in [6.45, 7) is 5.42. The van der Waals surface area contributed by atoms with Gasteiger partial charge in [0, 0.05) is 41.8 Å². The van der Waals surface area contributed by atoms with Crippen molar-refractivity contribution in [2.45, 2.75) is 31.8 Å². The zero-order valence-electron chi connectivity index (χ0n) is 13.9. The van der Waals surface area contributed by atoms with E-state index in [4.69, 9.17) is 5.73 Å². The third kappa shape index (κ3) is 3.68. The van der Waals surface area contributed by atoms with Crippen LogP contribution in [0, 0.1) is 0 Å². The van der Waals surface area contributed by atoms with Gasteiger partial charge in [0.2, 0.25) is 0 Å². The summed E-state index contributed by atoms with van der Waals surface area (Å²) in [7, 11) is 0. The van der Waals surface area contributed by atoms with E-state index in [0.29, 0.717) is 18.8 Å². The van der Waals surface area contributed by atoms with Crippen molar-refractivity contribution >= 4 is 34.2 Å². The van der Waals surface area contributed by atoms with E-state index in [1.165, 1.54) is 5.56 Å². The van der Waals surface area contributed by atoms with Gasteiger partial charge in [-0.15, -0.1) is 12.4 Å². The quantitative estimate of drug-likeness (QED) is 0.833. The Balaban J connectivity index is 0.00000208. The van der Waals surface area contributed by atoms with Gasteiger partial charge in [0.05, 0.1) is 0 Å². The van der Waals surface area contributed by atoms with Crippen molar-refractivity contribution in [3.05, 3.63) is 58.3 Å². The number of hydrogen-bond donors (Lipinski definition) is 1. The van der Waals surface area contributed by atoms with Crippen LogP contribution in [0.1, 0.15) is 41.9 Å². The Kier molecular flexibility index (Phi) is 6.12. The summed E-state index contributed by atoms with van der Waals surface area (Å²) in [6.07, 6.45) is 1.96. The lowest BCUT2D eigenvalue weighted by atomic mass is 9.95. The van der Waals surface area contributed by atoms with Crippen LogP contribution in [0.5, 0.6) is 0 Å². The van der Waals surface area contributed by atoms with Gasteiger partial charge in [-0.2, -0.15) is 0 Å². The fourth-order valence-electron chi connectivity index (χ4n) is 3.25. The lowest BCUT2D eigenvalue weighted by Gasteiger charge is -2.19. The van der Waals surface area contributed by atoms with Crippen molar-refractivity contribution in [3.63, 3.8) is 0 Å². The molecule has 2 aromatic rings. The third-order valence-corrected chi connectivity index (χ3v) is 4.90. The van der Waals surface area contributed by atoms with Crippen LogP contribution >= 0.6 is 28.3 Å². The van der Waals surface area contributed by atoms with Crippen molar-refractivity contribution in [2.24, 2.45) is 5.73 Å². The number of hydrogen-bond acceptors (Lipinski definition) is 2. The first-order valence-electron chi connectivity index (χ1n) is 7.94. The van der Waals surface area contributed by atoms with Crippen LogP contribution < -0.4 is 5.73 Å². The SMILES string of the molecule is CC(C)n1cc(Br)cc1C(=O)N1C[C@@H](N)[C@H](c2ccccc2)C1.Cl. The fraction of sp³-hybridized carbons (Fsp3) is 0.389. The van der Waals surface area contributed by atoms with Gasteiger partial charge in [-0.25, -0.2) is 0 Å². The molecule has 0 aliphatic carbocycles. The minimum atomic E-state index is -0.0211. The number of nitrogens with two attached hydrogens (primary N) is 1. The molecule has 1 saturated heterocycles. The molecular weight excluding hydrogens is 390 g/mol. The number of carbonyl (C=O) groups excluding carboxylic acids is 1. The zero-order valence-corrected chi connectivity index (χ0v) is 16.3. The van der Waals surface area contributed by atoms with Crippen molar-refractivity contribution < 1.29 is 4.79 Å². The van der Waals surface area contributed by atoms with Gasteiger partial charge in [0.1, 0.15) is 5.69 Å². The van der Waals surface area contributed by atoms with Gasteiger partial charge < -0.3 is 15.2 Å².